The van der Waals surface area contributed by atoms with Gasteiger partial charge >= 0.3 is 0 Å². The van der Waals surface area contributed by atoms with Crippen LogP contribution in [0.5, 0.6) is 0 Å². The molecule has 1 amide bonds. The summed E-state index contributed by atoms with van der Waals surface area (Å²) in [4.78, 5) is 18.6. The molecule has 0 spiro atoms. The fraction of sp³-hybridized carbons (Fsp3) is 0.786. The molecule has 1 aliphatic heterocycles. The third kappa shape index (κ3) is 3.95. The topological polar surface area (TPSA) is 85.3 Å². The molecule has 1 fully saturated rings. The van der Waals surface area contributed by atoms with Gasteiger partial charge in [-0.3, -0.25) is 4.79 Å². The first-order valence-electron chi connectivity index (χ1n) is 7.44. The predicted octanol–water partition coefficient (Wildman–Crippen LogP) is 2.41. The summed E-state index contributed by atoms with van der Waals surface area (Å²) >= 11 is 0. The third-order valence-electron chi connectivity index (χ3n) is 3.70. The van der Waals surface area contributed by atoms with Gasteiger partial charge in [0.15, 0.2) is 5.82 Å². The number of hydrogen-bond acceptors (Lipinski definition) is 5. The van der Waals surface area contributed by atoms with Gasteiger partial charge in [0.1, 0.15) is 0 Å². The van der Waals surface area contributed by atoms with Crippen molar-refractivity contribution in [1.82, 2.24) is 15.0 Å². The molecule has 1 aromatic rings. The second-order valence-electron chi connectivity index (χ2n) is 5.73. The van der Waals surface area contributed by atoms with Gasteiger partial charge < -0.3 is 15.2 Å². The van der Waals surface area contributed by atoms with E-state index in [-0.39, 0.29) is 30.3 Å². The molecule has 0 saturated carbocycles. The Bertz CT molecular complexity index is 464. The maximum Gasteiger partial charge on any atom is 0.240 e. The lowest BCUT2D eigenvalue weighted by atomic mass is 10.1. The van der Waals surface area contributed by atoms with Gasteiger partial charge in [-0.25, -0.2) is 0 Å². The summed E-state index contributed by atoms with van der Waals surface area (Å²) in [6, 6.07) is -0.501. The van der Waals surface area contributed by atoms with Crippen LogP contribution < -0.4 is 5.73 Å². The molecular formula is C14H25ClN4O2. The second kappa shape index (κ2) is 7.75. The van der Waals surface area contributed by atoms with E-state index in [0.29, 0.717) is 18.1 Å². The van der Waals surface area contributed by atoms with Gasteiger partial charge in [0.05, 0.1) is 12.1 Å². The van der Waals surface area contributed by atoms with Gasteiger partial charge in [0.2, 0.25) is 11.8 Å². The molecule has 120 valence electrons. The van der Waals surface area contributed by atoms with Crippen LogP contribution in [-0.4, -0.2) is 33.5 Å². The monoisotopic (exact) mass is 316 g/mol. The first-order valence-corrected chi connectivity index (χ1v) is 7.44. The molecule has 6 nitrogen and oxygen atoms in total. The lowest BCUT2D eigenvalue weighted by molar-refractivity contribution is -0.133. The van der Waals surface area contributed by atoms with Crippen molar-refractivity contribution >= 4 is 18.3 Å². The second-order valence-corrected chi connectivity index (χ2v) is 5.73. The quantitative estimate of drug-likeness (QED) is 0.901. The molecular weight excluding hydrogens is 292 g/mol. The molecule has 0 bridgehead atoms. The van der Waals surface area contributed by atoms with E-state index in [1.54, 1.807) is 0 Å². The standard InChI is InChI=1S/C14H24N4O2.ClH/c1-4-6-10(15)14(19)18-8-5-7-11(18)12-16-13(9(2)3)20-17-12;/h9-11H,4-8,15H2,1-3H3;1H. The van der Waals surface area contributed by atoms with E-state index in [0.717, 1.165) is 25.8 Å². The van der Waals surface area contributed by atoms with E-state index in [9.17, 15) is 4.79 Å². The van der Waals surface area contributed by atoms with Gasteiger partial charge in [0, 0.05) is 12.5 Å². The Hall–Kier alpha value is -1.14. The van der Waals surface area contributed by atoms with Crippen LogP contribution in [-0.2, 0) is 4.79 Å². The minimum Gasteiger partial charge on any atom is -0.339 e. The molecule has 1 saturated heterocycles. The molecule has 1 aliphatic rings. The maximum atomic E-state index is 12.4. The highest BCUT2D eigenvalue weighted by molar-refractivity contribution is 5.85. The van der Waals surface area contributed by atoms with Crippen LogP contribution in [0.25, 0.3) is 0 Å². The van der Waals surface area contributed by atoms with Gasteiger partial charge in [-0.15, -0.1) is 12.4 Å². The lowest BCUT2D eigenvalue weighted by Gasteiger charge is -2.25. The Kier molecular flexibility index (Phi) is 6.61. The zero-order chi connectivity index (χ0) is 14.7. The molecule has 2 N–H and O–H groups in total. The molecule has 21 heavy (non-hydrogen) atoms. The molecule has 0 aliphatic carbocycles. The highest BCUT2D eigenvalue weighted by Gasteiger charge is 2.35. The van der Waals surface area contributed by atoms with E-state index in [1.807, 2.05) is 25.7 Å². The van der Waals surface area contributed by atoms with Crippen molar-refractivity contribution in [3.05, 3.63) is 11.7 Å². The van der Waals surface area contributed by atoms with E-state index >= 15 is 0 Å². The van der Waals surface area contributed by atoms with Crippen LogP contribution in [0.15, 0.2) is 4.52 Å². The summed E-state index contributed by atoms with van der Waals surface area (Å²) in [5.74, 6) is 1.44. The van der Waals surface area contributed by atoms with Crippen LogP contribution in [0.2, 0.25) is 0 Å². The molecule has 2 rings (SSSR count). The fourth-order valence-electron chi connectivity index (χ4n) is 2.56. The average Bonchev–Trinajstić information content (AvgIpc) is 3.06. The summed E-state index contributed by atoms with van der Waals surface area (Å²) < 4.78 is 5.24. The smallest absolute Gasteiger partial charge is 0.240 e. The Balaban J connectivity index is 0.00000220. The average molecular weight is 317 g/mol. The van der Waals surface area contributed by atoms with E-state index in [2.05, 4.69) is 10.1 Å². The summed E-state index contributed by atoms with van der Waals surface area (Å²) in [6.45, 7) is 6.77. The summed E-state index contributed by atoms with van der Waals surface area (Å²) in [7, 11) is 0. The zero-order valence-electron chi connectivity index (χ0n) is 12.9. The molecule has 7 heteroatoms. The largest absolute Gasteiger partial charge is 0.339 e. The van der Waals surface area contributed by atoms with E-state index < -0.39 is 6.04 Å². The van der Waals surface area contributed by atoms with Crippen LogP contribution in [0, 0.1) is 0 Å². The normalized spacial score (nSPS) is 19.7. The number of likely N-dealkylation sites (tertiary alicyclic amines) is 1. The van der Waals surface area contributed by atoms with Gasteiger partial charge in [0.25, 0.3) is 0 Å². The van der Waals surface area contributed by atoms with Crippen LogP contribution in [0.4, 0.5) is 0 Å². The molecule has 2 unspecified atom stereocenters. The number of halogens is 1. The number of carbonyl (C=O) groups excluding carboxylic acids is 1. The summed E-state index contributed by atoms with van der Waals surface area (Å²) in [5, 5.41) is 4.04. The number of amides is 1. The van der Waals surface area contributed by atoms with Crippen LogP contribution in [0.1, 0.15) is 70.1 Å². The van der Waals surface area contributed by atoms with Gasteiger partial charge in [-0.2, -0.15) is 4.98 Å². The number of carbonyl (C=O) groups is 1. The number of hydrogen-bond donors (Lipinski definition) is 1. The minimum absolute atomic E-state index is 0. The summed E-state index contributed by atoms with van der Waals surface area (Å²) in [6.07, 6.45) is 3.46. The predicted molar refractivity (Wildman–Crippen MR) is 82.2 cm³/mol. The Morgan fingerprint density at radius 2 is 2.24 bits per heavy atom. The van der Waals surface area contributed by atoms with Gasteiger partial charge in [-0.05, 0) is 19.3 Å². The van der Waals surface area contributed by atoms with Crippen molar-refractivity contribution in [2.24, 2.45) is 5.73 Å². The van der Waals surface area contributed by atoms with Gasteiger partial charge in [-0.1, -0.05) is 32.3 Å². The van der Waals surface area contributed by atoms with Crippen molar-refractivity contribution < 1.29 is 9.32 Å². The number of rotatable bonds is 5. The van der Waals surface area contributed by atoms with E-state index in [4.69, 9.17) is 10.3 Å². The highest BCUT2D eigenvalue weighted by Crippen LogP contribution is 2.31. The fourth-order valence-corrected chi connectivity index (χ4v) is 2.56. The summed E-state index contributed by atoms with van der Waals surface area (Å²) in [5.41, 5.74) is 5.95. The Morgan fingerprint density at radius 3 is 2.81 bits per heavy atom. The molecule has 2 heterocycles. The zero-order valence-corrected chi connectivity index (χ0v) is 13.7. The van der Waals surface area contributed by atoms with E-state index in [1.165, 1.54) is 0 Å². The van der Waals surface area contributed by atoms with Crippen molar-refractivity contribution in [2.45, 2.75) is 64.5 Å². The van der Waals surface area contributed by atoms with Crippen molar-refractivity contribution in [1.29, 1.82) is 0 Å². The highest BCUT2D eigenvalue weighted by atomic mass is 35.5. The number of nitrogens with two attached hydrogens (primary N) is 1. The molecule has 1 aromatic heterocycles. The minimum atomic E-state index is -0.419. The number of aromatic nitrogens is 2. The lowest BCUT2D eigenvalue weighted by Crippen LogP contribution is -2.43. The maximum absolute atomic E-state index is 12.4. The van der Waals surface area contributed by atoms with Crippen molar-refractivity contribution in [3.8, 4) is 0 Å². The number of nitrogens with zero attached hydrogens (tertiary/aromatic N) is 3. The van der Waals surface area contributed by atoms with Crippen LogP contribution in [0.3, 0.4) is 0 Å². The van der Waals surface area contributed by atoms with Crippen LogP contribution >= 0.6 is 12.4 Å². The molecule has 2 atom stereocenters. The first kappa shape index (κ1) is 17.9. The molecule has 0 aromatic carbocycles. The Morgan fingerprint density at radius 1 is 1.52 bits per heavy atom. The third-order valence-corrected chi connectivity index (χ3v) is 3.70. The molecule has 0 radical (unpaired) electrons. The van der Waals surface area contributed by atoms with Crippen molar-refractivity contribution in [2.75, 3.05) is 6.54 Å². The first-order chi connectivity index (χ1) is 9.54. The SMILES string of the molecule is CCCC(N)C(=O)N1CCCC1c1noc(C(C)C)n1.Cl. The Labute approximate surface area is 131 Å². The van der Waals surface area contributed by atoms with Crippen molar-refractivity contribution in [3.63, 3.8) is 0 Å².